The first-order valence-electron chi connectivity index (χ1n) is 4.82. The molecule has 1 heterocycles. The summed E-state index contributed by atoms with van der Waals surface area (Å²) in [6.07, 6.45) is 7.05. The molecule has 1 atom stereocenters. The molecule has 0 fully saturated rings. The van der Waals surface area contributed by atoms with E-state index >= 15 is 0 Å². The minimum atomic E-state index is 0.162. The Kier molecular flexibility index (Phi) is 3.56. The van der Waals surface area contributed by atoms with Crippen LogP contribution in [0.1, 0.15) is 33.1 Å². The largest absolute Gasteiger partial charge is 0.272 e. The van der Waals surface area contributed by atoms with Crippen molar-refractivity contribution in [1.29, 1.82) is 5.26 Å². The first-order chi connectivity index (χ1) is 6.33. The van der Waals surface area contributed by atoms with E-state index in [9.17, 15) is 0 Å². The molecule has 0 bridgehead atoms. The van der Waals surface area contributed by atoms with Crippen molar-refractivity contribution in [2.45, 2.75) is 39.3 Å². The Morgan fingerprint density at radius 2 is 2.23 bits per heavy atom. The van der Waals surface area contributed by atoms with Crippen LogP contribution >= 0.6 is 0 Å². The number of nitriles is 1. The summed E-state index contributed by atoms with van der Waals surface area (Å²) < 4.78 is 0. The summed E-state index contributed by atoms with van der Waals surface area (Å²) in [5.74, 6) is 0. The molecule has 0 aromatic carbocycles. The summed E-state index contributed by atoms with van der Waals surface area (Å²) in [6.45, 7) is 5.17. The monoisotopic (exact) mass is 180 g/mol. The SMILES string of the molecule is CCCC1N(C#N)C=NN1CCC. The molecule has 1 unspecified atom stereocenters. The number of nitrogens with zero attached hydrogens (tertiary/aromatic N) is 4. The van der Waals surface area contributed by atoms with Crippen LogP contribution in [0.3, 0.4) is 0 Å². The highest BCUT2D eigenvalue weighted by Gasteiger charge is 2.25. The highest BCUT2D eigenvalue weighted by Crippen LogP contribution is 2.16. The maximum atomic E-state index is 8.81. The molecule has 72 valence electrons. The average Bonchev–Trinajstić information content (AvgIpc) is 2.50. The second kappa shape index (κ2) is 4.70. The van der Waals surface area contributed by atoms with Crippen LogP contribution in [-0.4, -0.2) is 29.0 Å². The van der Waals surface area contributed by atoms with E-state index in [1.165, 1.54) is 0 Å². The lowest BCUT2D eigenvalue weighted by molar-refractivity contribution is 0.151. The normalized spacial score (nSPS) is 20.8. The highest BCUT2D eigenvalue weighted by molar-refractivity contribution is 5.59. The van der Waals surface area contributed by atoms with E-state index in [0.29, 0.717) is 0 Å². The second-order valence-corrected chi connectivity index (χ2v) is 3.17. The Labute approximate surface area is 79.4 Å². The van der Waals surface area contributed by atoms with E-state index < -0.39 is 0 Å². The first-order valence-corrected chi connectivity index (χ1v) is 4.82. The fourth-order valence-electron chi connectivity index (χ4n) is 1.49. The van der Waals surface area contributed by atoms with Gasteiger partial charge < -0.3 is 0 Å². The van der Waals surface area contributed by atoms with E-state index in [4.69, 9.17) is 5.26 Å². The molecule has 1 aliphatic rings. The van der Waals surface area contributed by atoms with Crippen LogP contribution in [0.25, 0.3) is 0 Å². The van der Waals surface area contributed by atoms with Crippen LogP contribution in [0, 0.1) is 11.5 Å². The third-order valence-electron chi connectivity index (χ3n) is 2.10. The lowest BCUT2D eigenvalue weighted by atomic mass is 10.2. The quantitative estimate of drug-likeness (QED) is 0.617. The van der Waals surface area contributed by atoms with Crippen LogP contribution in [0.15, 0.2) is 5.10 Å². The van der Waals surface area contributed by atoms with Gasteiger partial charge in [-0.05, 0) is 12.8 Å². The molecule has 0 aliphatic carbocycles. The zero-order valence-corrected chi connectivity index (χ0v) is 8.27. The molecular formula is C9H16N4. The van der Waals surface area contributed by atoms with Gasteiger partial charge in [-0.25, -0.2) is 4.90 Å². The fourth-order valence-corrected chi connectivity index (χ4v) is 1.49. The summed E-state index contributed by atoms with van der Waals surface area (Å²) in [5, 5.41) is 15.0. The standard InChI is InChI=1S/C9H16N4/c1-3-5-9-12(7-10)8-11-13(9)6-4-2/h8-9H,3-6H2,1-2H3. The summed E-state index contributed by atoms with van der Waals surface area (Å²) in [6, 6.07) is 0. The van der Waals surface area contributed by atoms with E-state index in [1.54, 1.807) is 11.2 Å². The van der Waals surface area contributed by atoms with Gasteiger partial charge in [0.2, 0.25) is 0 Å². The number of hydrazone groups is 1. The van der Waals surface area contributed by atoms with Gasteiger partial charge in [-0.1, -0.05) is 20.3 Å². The van der Waals surface area contributed by atoms with Crippen molar-refractivity contribution < 1.29 is 0 Å². The highest BCUT2D eigenvalue weighted by atomic mass is 15.6. The number of hydrogen-bond acceptors (Lipinski definition) is 4. The van der Waals surface area contributed by atoms with Crippen LogP contribution < -0.4 is 0 Å². The Morgan fingerprint density at radius 3 is 2.77 bits per heavy atom. The molecule has 0 N–H and O–H groups in total. The van der Waals surface area contributed by atoms with Gasteiger partial charge in [0.15, 0.2) is 6.19 Å². The van der Waals surface area contributed by atoms with Crippen molar-refractivity contribution in [3.8, 4) is 6.19 Å². The Hall–Kier alpha value is -1.24. The number of hydrogen-bond donors (Lipinski definition) is 0. The molecule has 1 aliphatic heterocycles. The maximum Gasteiger partial charge on any atom is 0.187 e. The van der Waals surface area contributed by atoms with Crippen LogP contribution in [0.2, 0.25) is 0 Å². The minimum Gasteiger partial charge on any atom is -0.272 e. The molecule has 0 saturated carbocycles. The van der Waals surface area contributed by atoms with Crippen LogP contribution in [-0.2, 0) is 0 Å². The lowest BCUT2D eigenvalue weighted by Crippen LogP contribution is -2.37. The van der Waals surface area contributed by atoms with Gasteiger partial charge in [0, 0.05) is 6.54 Å². The van der Waals surface area contributed by atoms with Crippen molar-refractivity contribution in [3.05, 3.63) is 0 Å². The van der Waals surface area contributed by atoms with Gasteiger partial charge in [0.25, 0.3) is 0 Å². The molecule has 13 heavy (non-hydrogen) atoms. The molecule has 0 aromatic heterocycles. The molecule has 0 spiro atoms. The van der Waals surface area contributed by atoms with Crippen molar-refractivity contribution >= 4 is 6.34 Å². The van der Waals surface area contributed by atoms with Gasteiger partial charge >= 0.3 is 0 Å². The maximum absolute atomic E-state index is 8.81. The molecular weight excluding hydrogens is 164 g/mol. The average molecular weight is 180 g/mol. The van der Waals surface area contributed by atoms with Crippen molar-refractivity contribution in [3.63, 3.8) is 0 Å². The van der Waals surface area contributed by atoms with Gasteiger partial charge in [0.1, 0.15) is 12.5 Å². The predicted octanol–water partition coefficient (Wildman–Crippen LogP) is 1.56. The van der Waals surface area contributed by atoms with Gasteiger partial charge in [-0.15, -0.1) is 0 Å². The van der Waals surface area contributed by atoms with E-state index in [-0.39, 0.29) is 6.17 Å². The zero-order valence-electron chi connectivity index (χ0n) is 8.27. The van der Waals surface area contributed by atoms with E-state index in [0.717, 1.165) is 25.8 Å². The lowest BCUT2D eigenvalue weighted by Gasteiger charge is -2.25. The Balaban J connectivity index is 2.56. The van der Waals surface area contributed by atoms with Gasteiger partial charge in [-0.2, -0.15) is 10.4 Å². The second-order valence-electron chi connectivity index (χ2n) is 3.17. The summed E-state index contributed by atoms with van der Waals surface area (Å²) in [4.78, 5) is 1.62. The van der Waals surface area contributed by atoms with Crippen molar-refractivity contribution in [1.82, 2.24) is 9.91 Å². The third-order valence-corrected chi connectivity index (χ3v) is 2.10. The molecule has 0 aromatic rings. The summed E-state index contributed by atoms with van der Waals surface area (Å²) >= 11 is 0. The van der Waals surface area contributed by atoms with Crippen molar-refractivity contribution in [2.75, 3.05) is 6.54 Å². The van der Waals surface area contributed by atoms with Gasteiger partial charge in [0.05, 0.1) is 0 Å². The minimum absolute atomic E-state index is 0.162. The van der Waals surface area contributed by atoms with E-state index in [1.807, 2.05) is 5.01 Å². The van der Waals surface area contributed by atoms with Crippen LogP contribution in [0.5, 0.6) is 0 Å². The Bertz CT molecular complexity index is 218. The number of rotatable bonds is 4. The molecule has 1 rings (SSSR count). The van der Waals surface area contributed by atoms with Crippen LogP contribution in [0.4, 0.5) is 0 Å². The third kappa shape index (κ3) is 2.11. The Morgan fingerprint density at radius 1 is 1.46 bits per heavy atom. The van der Waals surface area contributed by atoms with E-state index in [2.05, 4.69) is 25.1 Å². The molecule has 0 saturated heterocycles. The molecule has 4 heteroatoms. The summed E-state index contributed by atoms with van der Waals surface area (Å²) in [5.41, 5.74) is 0. The molecule has 4 nitrogen and oxygen atoms in total. The summed E-state index contributed by atoms with van der Waals surface area (Å²) in [7, 11) is 0. The smallest absolute Gasteiger partial charge is 0.187 e. The topological polar surface area (TPSA) is 42.6 Å². The molecule has 0 radical (unpaired) electrons. The van der Waals surface area contributed by atoms with Gasteiger partial charge in [-0.3, -0.25) is 5.01 Å². The first kappa shape index (κ1) is 9.85. The fraction of sp³-hybridized carbons (Fsp3) is 0.778. The molecule has 0 amide bonds. The van der Waals surface area contributed by atoms with Crippen molar-refractivity contribution in [2.24, 2.45) is 5.10 Å². The predicted molar refractivity (Wildman–Crippen MR) is 51.6 cm³/mol. The zero-order chi connectivity index (χ0) is 9.68.